The number of H-pyrrole nitrogens is 1. The summed E-state index contributed by atoms with van der Waals surface area (Å²) >= 11 is 0. The lowest BCUT2D eigenvalue weighted by Gasteiger charge is -2.21. The van der Waals surface area contributed by atoms with Crippen molar-refractivity contribution in [3.05, 3.63) is 30.0 Å². The van der Waals surface area contributed by atoms with E-state index in [1.165, 1.54) is 6.92 Å². The molecule has 29 heavy (non-hydrogen) atoms. The maximum absolute atomic E-state index is 13.7. The fourth-order valence-corrected chi connectivity index (χ4v) is 3.66. The number of rotatable bonds is 5. The molecule has 150 valence electrons. The quantitative estimate of drug-likeness (QED) is 0.611. The van der Waals surface area contributed by atoms with Crippen molar-refractivity contribution >= 4 is 28.6 Å². The number of carbonyl (C=O) groups excluding carboxylic acids is 2. The number of aromatic nitrogens is 5. The molecular formula is C18H17FN6O4. The van der Waals surface area contributed by atoms with Gasteiger partial charge in [-0.1, -0.05) is 12.1 Å². The highest BCUT2D eigenvalue weighted by Gasteiger charge is 2.39. The largest absolute Gasteiger partial charge is 0.480 e. The number of fused-ring (bicyclic) bond motifs is 1. The Hall–Kier alpha value is -3.63. The summed E-state index contributed by atoms with van der Waals surface area (Å²) < 4.78 is 15.3. The SMILES string of the molecule is CC(=O)c1cn(CC(=O)N2C[C@H](F)C[C@H]2C(=O)O)c2cc(-c3nn[nH]n3)ccc12. The molecule has 1 fully saturated rings. The average molecular weight is 400 g/mol. The second-order valence-electron chi connectivity index (χ2n) is 6.93. The normalized spacial score (nSPS) is 19.0. The predicted octanol–water partition coefficient (Wildman–Crippen LogP) is 1.05. The number of halogens is 1. The number of carboxylic acid groups (broad SMARTS) is 1. The molecule has 0 spiro atoms. The first-order valence-electron chi connectivity index (χ1n) is 8.89. The van der Waals surface area contributed by atoms with Gasteiger partial charge < -0.3 is 14.6 Å². The van der Waals surface area contributed by atoms with Crippen LogP contribution >= 0.6 is 0 Å². The molecule has 10 nitrogen and oxygen atoms in total. The van der Waals surface area contributed by atoms with Crippen LogP contribution in [0.3, 0.4) is 0 Å². The number of benzene rings is 1. The maximum Gasteiger partial charge on any atom is 0.326 e. The zero-order chi connectivity index (χ0) is 20.7. The standard InChI is InChI=1S/C18H17FN6O4/c1-9(26)13-7-24(8-16(27)25-6-11(19)5-15(25)18(28)29)14-4-10(2-3-12(13)14)17-20-22-23-21-17/h2-4,7,11,15H,5-6,8H2,1H3,(H,28,29)(H,20,21,22,23)/t11-,15+/m1/s1. The number of carboxylic acids is 1. The molecule has 3 heterocycles. The highest BCUT2D eigenvalue weighted by atomic mass is 19.1. The molecule has 1 aliphatic heterocycles. The first-order valence-corrected chi connectivity index (χ1v) is 8.89. The van der Waals surface area contributed by atoms with Crippen LogP contribution in [0.4, 0.5) is 4.39 Å². The first kappa shape index (κ1) is 18.7. The number of hydrogen-bond acceptors (Lipinski definition) is 6. The minimum absolute atomic E-state index is 0.179. The zero-order valence-electron chi connectivity index (χ0n) is 15.4. The van der Waals surface area contributed by atoms with Gasteiger partial charge in [-0.3, -0.25) is 9.59 Å². The second-order valence-corrected chi connectivity index (χ2v) is 6.93. The third-order valence-corrected chi connectivity index (χ3v) is 5.03. The molecule has 3 aromatic rings. The van der Waals surface area contributed by atoms with Gasteiger partial charge in [-0.15, -0.1) is 10.2 Å². The predicted molar refractivity (Wildman–Crippen MR) is 97.8 cm³/mol. The number of hydrogen-bond donors (Lipinski definition) is 2. The summed E-state index contributed by atoms with van der Waals surface area (Å²) in [4.78, 5) is 37.2. The number of nitrogens with one attached hydrogen (secondary N) is 1. The number of ketones is 1. The highest BCUT2D eigenvalue weighted by molar-refractivity contribution is 6.07. The molecule has 0 unspecified atom stereocenters. The van der Waals surface area contributed by atoms with Crippen LogP contribution in [0.25, 0.3) is 22.3 Å². The number of carbonyl (C=O) groups is 3. The topological polar surface area (TPSA) is 134 Å². The Labute approximate surface area is 163 Å². The molecular weight excluding hydrogens is 383 g/mol. The number of nitrogens with zero attached hydrogens (tertiary/aromatic N) is 5. The van der Waals surface area contributed by atoms with Gasteiger partial charge in [-0.05, 0) is 18.2 Å². The molecule has 4 rings (SSSR count). The van der Waals surface area contributed by atoms with Crippen LogP contribution in [0, 0.1) is 0 Å². The third kappa shape index (κ3) is 3.35. The average Bonchev–Trinajstić information content (AvgIpc) is 3.40. The summed E-state index contributed by atoms with van der Waals surface area (Å²) in [5.41, 5.74) is 1.63. The Bertz CT molecular complexity index is 1110. The van der Waals surface area contributed by atoms with Gasteiger partial charge in [0, 0.05) is 34.6 Å². The van der Waals surface area contributed by atoms with Gasteiger partial charge in [0.25, 0.3) is 0 Å². The molecule has 0 radical (unpaired) electrons. The third-order valence-electron chi connectivity index (χ3n) is 5.03. The van der Waals surface area contributed by atoms with Crippen LogP contribution in [-0.2, 0) is 16.1 Å². The molecule has 0 bridgehead atoms. The number of tetrazole rings is 1. The van der Waals surface area contributed by atoms with Gasteiger partial charge in [0.1, 0.15) is 18.8 Å². The van der Waals surface area contributed by atoms with Gasteiger partial charge in [0.05, 0.1) is 6.54 Å². The van der Waals surface area contributed by atoms with Crippen LogP contribution < -0.4 is 0 Å². The van der Waals surface area contributed by atoms with Crippen molar-refractivity contribution in [2.75, 3.05) is 6.54 Å². The lowest BCUT2D eigenvalue weighted by molar-refractivity contribution is -0.148. The number of alkyl halides is 1. The number of likely N-dealkylation sites (tertiary alicyclic amines) is 1. The van der Waals surface area contributed by atoms with Gasteiger partial charge in [0.15, 0.2) is 5.78 Å². The van der Waals surface area contributed by atoms with Crippen LogP contribution in [0.2, 0.25) is 0 Å². The van der Waals surface area contributed by atoms with E-state index in [1.807, 2.05) is 0 Å². The fourth-order valence-electron chi connectivity index (χ4n) is 3.66. The van der Waals surface area contributed by atoms with Crippen molar-refractivity contribution in [3.63, 3.8) is 0 Å². The lowest BCUT2D eigenvalue weighted by Crippen LogP contribution is -2.42. The van der Waals surface area contributed by atoms with E-state index in [-0.39, 0.29) is 25.3 Å². The van der Waals surface area contributed by atoms with Gasteiger partial charge in [0.2, 0.25) is 11.7 Å². The van der Waals surface area contributed by atoms with E-state index in [1.54, 1.807) is 29.0 Å². The Balaban J connectivity index is 1.72. The minimum Gasteiger partial charge on any atom is -0.480 e. The molecule has 0 aliphatic carbocycles. The zero-order valence-corrected chi connectivity index (χ0v) is 15.4. The van der Waals surface area contributed by atoms with Crippen LogP contribution in [-0.4, -0.2) is 71.6 Å². The van der Waals surface area contributed by atoms with E-state index < -0.39 is 24.1 Å². The Morgan fingerprint density at radius 2 is 2.14 bits per heavy atom. The highest BCUT2D eigenvalue weighted by Crippen LogP contribution is 2.28. The summed E-state index contributed by atoms with van der Waals surface area (Å²) in [6.45, 7) is 0.932. The number of aromatic amines is 1. The molecule has 2 N–H and O–H groups in total. The lowest BCUT2D eigenvalue weighted by atomic mass is 10.1. The molecule has 1 saturated heterocycles. The van der Waals surface area contributed by atoms with E-state index >= 15 is 0 Å². The number of amides is 1. The molecule has 2 atom stereocenters. The fraction of sp³-hybridized carbons (Fsp3) is 0.333. The van der Waals surface area contributed by atoms with Crippen molar-refractivity contribution in [3.8, 4) is 11.4 Å². The molecule has 0 saturated carbocycles. The van der Waals surface area contributed by atoms with E-state index in [9.17, 15) is 23.9 Å². The summed E-state index contributed by atoms with van der Waals surface area (Å²) in [5.74, 6) is -1.60. The van der Waals surface area contributed by atoms with Gasteiger partial charge in [-0.2, -0.15) is 5.21 Å². The van der Waals surface area contributed by atoms with Gasteiger partial charge >= 0.3 is 5.97 Å². The second kappa shape index (κ2) is 7.08. The van der Waals surface area contributed by atoms with Crippen LogP contribution in [0.1, 0.15) is 23.7 Å². The van der Waals surface area contributed by atoms with Crippen molar-refractivity contribution in [2.24, 2.45) is 0 Å². The number of Topliss-reactive ketones (excluding diaryl/α,β-unsaturated/α-hetero) is 1. The number of aliphatic carboxylic acids is 1. The van der Waals surface area contributed by atoms with E-state index in [0.717, 1.165) is 4.90 Å². The minimum atomic E-state index is -1.38. The maximum atomic E-state index is 13.7. The Morgan fingerprint density at radius 1 is 1.34 bits per heavy atom. The first-order chi connectivity index (χ1) is 13.8. The molecule has 1 amide bonds. The molecule has 11 heteroatoms. The van der Waals surface area contributed by atoms with Crippen molar-refractivity contribution < 1.29 is 23.9 Å². The molecule has 1 aromatic carbocycles. The summed E-state index contributed by atoms with van der Waals surface area (Å²) in [6.07, 6.45) is -0.0585. The van der Waals surface area contributed by atoms with Crippen molar-refractivity contribution in [1.29, 1.82) is 0 Å². The smallest absolute Gasteiger partial charge is 0.326 e. The van der Waals surface area contributed by atoms with Crippen LogP contribution in [0.5, 0.6) is 0 Å². The Kier molecular flexibility index (Phi) is 4.57. The summed E-state index contributed by atoms with van der Waals surface area (Å²) in [6, 6.07) is 3.99. The molecule has 2 aromatic heterocycles. The van der Waals surface area contributed by atoms with E-state index in [4.69, 9.17) is 0 Å². The summed E-state index contributed by atoms with van der Waals surface area (Å²) in [5, 5.41) is 23.6. The van der Waals surface area contributed by atoms with Crippen molar-refractivity contribution in [1.82, 2.24) is 30.1 Å². The van der Waals surface area contributed by atoms with Crippen LogP contribution in [0.15, 0.2) is 24.4 Å². The molecule has 1 aliphatic rings. The van der Waals surface area contributed by atoms with E-state index in [0.29, 0.717) is 27.9 Å². The summed E-state index contributed by atoms with van der Waals surface area (Å²) in [7, 11) is 0. The van der Waals surface area contributed by atoms with E-state index in [2.05, 4.69) is 20.6 Å². The Morgan fingerprint density at radius 3 is 2.79 bits per heavy atom. The van der Waals surface area contributed by atoms with Crippen molar-refractivity contribution in [2.45, 2.75) is 32.1 Å². The van der Waals surface area contributed by atoms with Gasteiger partial charge in [-0.25, -0.2) is 9.18 Å². The monoisotopic (exact) mass is 400 g/mol.